The Labute approximate surface area is 107 Å². The number of halogens is 1. The van der Waals surface area contributed by atoms with Gasteiger partial charge in [-0.3, -0.25) is 4.79 Å². The van der Waals surface area contributed by atoms with Crippen LogP contribution < -0.4 is 5.32 Å². The van der Waals surface area contributed by atoms with Crippen LogP contribution in [0.5, 0.6) is 0 Å². The highest BCUT2D eigenvalue weighted by atomic mass is 35.5. The second kappa shape index (κ2) is 5.07. The van der Waals surface area contributed by atoms with E-state index in [1.54, 1.807) is 0 Å². The number of nitrogens with zero attached hydrogens (tertiary/aromatic N) is 1. The number of carbonyl (C=O) groups is 1. The van der Waals surface area contributed by atoms with Crippen molar-refractivity contribution >= 4 is 17.5 Å². The van der Waals surface area contributed by atoms with Gasteiger partial charge >= 0.3 is 0 Å². The molecule has 92 valence electrons. The molecule has 0 saturated carbocycles. The summed E-state index contributed by atoms with van der Waals surface area (Å²) in [6, 6.07) is 6.31. The van der Waals surface area contributed by atoms with Crippen molar-refractivity contribution in [1.29, 1.82) is 0 Å². The highest BCUT2D eigenvalue weighted by Crippen LogP contribution is 2.19. The fourth-order valence-electron chi connectivity index (χ4n) is 2.06. The average molecular weight is 253 g/mol. The van der Waals surface area contributed by atoms with Gasteiger partial charge in [-0.1, -0.05) is 23.7 Å². The van der Waals surface area contributed by atoms with Crippen molar-refractivity contribution < 1.29 is 4.79 Å². The van der Waals surface area contributed by atoms with Crippen LogP contribution in [0, 0.1) is 6.92 Å². The van der Waals surface area contributed by atoms with Crippen molar-refractivity contribution in [3.8, 4) is 0 Å². The molecule has 1 amide bonds. The summed E-state index contributed by atoms with van der Waals surface area (Å²) in [6.07, 6.45) is 0.842. The number of benzene rings is 1. The summed E-state index contributed by atoms with van der Waals surface area (Å²) in [5.74, 6) is 0.152. The lowest BCUT2D eigenvalue weighted by Crippen LogP contribution is -2.53. The molecular weight excluding hydrogens is 236 g/mol. The third-order valence-electron chi connectivity index (χ3n) is 3.30. The molecule has 1 N–H and O–H groups in total. The van der Waals surface area contributed by atoms with Crippen molar-refractivity contribution in [2.75, 3.05) is 20.1 Å². The molecule has 1 aliphatic rings. The second-order valence-corrected chi connectivity index (χ2v) is 4.98. The molecule has 1 aromatic rings. The largest absolute Gasteiger partial charge is 0.340 e. The van der Waals surface area contributed by atoms with E-state index < -0.39 is 0 Å². The van der Waals surface area contributed by atoms with E-state index in [0.717, 1.165) is 23.6 Å². The second-order valence-electron chi connectivity index (χ2n) is 4.58. The first-order chi connectivity index (χ1) is 8.08. The zero-order valence-electron chi connectivity index (χ0n) is 10.2. The van der Waals surface area contributed by atoms with Gasteiger partial charge in [0.25, 0.3) is 0 Å². The van der Waals surface area contributed by atoms with Crippen LogP contribution in [0.25, 0.3) is 0 Å². The van der Waals surface area contributed by atoms with Crippen LogP contribution in [0.2, 0.25) is 5.02 Å². The maximum atomic E-state index is 11.6. The Kier molecular flexibility index (Phi) is 3.69. The molecule has 1 unspecified atom stereocenters. The van der Waals surface area contributed by atoms with Crippen molar-refractivity contribution in [2.24, 2.45) is 0 Å². The molecule has 17 heavy (non-hydrogen) atoms. The highest BCUT2D eigenvalue weighted by molar-refractivity contribution is 6.31. The average Bonchev–Trinajstić information content (AvgIpc) is 2.30. The molecule has 4 heteroatoms. The first-order valence-corrected chi connectivity index (χ1v) is 6.17. The Morgan fingerprint density at radius 3 is 3.00 bits per heavy atom. The quantitative estimate of drug-likeness (QED) is 0.868. The lowest BCUT2D eigenvalue weighted by molar-refractivity contribution is -0.133. The summed E-state index contributed by atoms with van der Waals surface area (Å²) >= 11 is 6.10. The molecule has 3 nitrogen and oxygen atoms in total. The monoisotopic (exact) mass is 252 g/mol. The third-order valence-corrected chi connectivity index (χ3v) is 3.71. The Morgan fingerprint density at radius 2 is 2.29 bits per heavy atom. The van der Waals surface area contributed by atoms with Gasteiger partial charge in [-0.2, -0.15) is 0 Å². The number of nitrogens with one attached hydrogen (secondary N) is 1. The summed E-state index contributed by atoms with van der Waals surface area (Å²) in [5, 5.41) is 3.93. The first-order valence-electron chi connectivity index (χ1n) is 5.79. The van der Waals surface area contributed by atoms with E-state index >= 15 is 0 Å². The van der Waals surface area contributed by atoms with E-state index in [2.05, 4.69) is 11.4 Å². The zero-order valence-corrected chi connectivity index (χ0v) is 10.9. The van der Waals surface area contributed by atoms with Crippen molar-refractivity contribution in [3.63, 3.8) is 0 Å². The number of hydrogen-bond acceptors (Lipinski definition) is 2. The molecule has 1 atom stereocenters. The van der Waals surface area contributed by atoms with Gasteiger partial charge in [0.2, 0.25) is 5.91 Å². The lowest BCUT2D eigenvalue weighted by atomic mass is 10.0. The number of amides is 1. The molecule has 0 spiro atoms. The minimum atomic E-state index is 0.152. The van der Waals surface area contributed by atoms with Gasteiger partial charge in [0, 0.05) is 24.7 Å². The molecule has 0 radical (unpaired) electrons. The Morgan fingerprint density at radius 1 is 1.53 bits per heavy atom. The van der Waals surface area contributed by atoms with E-state index in [1.807, 2.05) is 31.0 Å². The van der Waals surface area contributed by atoms with Gasteiger partial charge < -0.3 is 10.2 Å². The molecule has 1 aliphatic heterocycles. The fourth-order valence-corrected chi connectivity index (χ4v) is 2.26. The molecule has 1 saturated heterocycles. The normalized spacial score (nSPS) is 20.8. The molecule has 0 bridgehead atoms. The van der Waals surface area contributed by atoms with Gasteiger partial charge in [-0.25, -0.2) is 0 Å². The summed E-state index contributed by atoms with van der Waals surface area (Å²) < 4.78 is 0. The molecule has 0 aromatic heterocycles. The van der Waals surface area contributed by atoms with E-state index in [-0.39, 0.29) is 11.9 Å². The molecular formula is C13H17ClN2O. The van der Waals surface area contributed by atoms with Crippen LogP contribution in [0.3, 0.4) is 0 Å². The van der Waals surface area contributed by atoms with Crippen molar-refractivity contribution in [1.82, 2.24) is 10.2 Å². The number of rotatable bonds is 2. The molecule has 0 aliphatic carbocycles. The van der Waals surface area contributed by atoms with Gasteiger partial charge in [-0.15, -0.1) is 0 Å². The number of piperazine rings is 1. The number of likely N-dealkylation sites (N-methyl/N-ethyl adjacent to an activating group) is 1. The molecule has 1 aromatic carbocycles. The van der Waals surface area contributed by atoms with Gasteiger partial charge in [0.1, 0.15) is 0 Å². The van der Waals surface area contributed by atoms with Crippen LogP contribution in [-0.4, -0.2) is 37.0 Å². The minimum Gasteiger partial charge on any atom is -0.340 e. The van der Waals surface area contributed by atoms with Gasteiger partial charge in [0.15, 0.2) is 0 Å². The van der Waals surface area contributed by atoms with E-state index in [9.17, 15) is 4.79 Å². The minimum absolute atomic E-state index is 0.152. The first kappa shape index (κ1) is 12.4. The Hall–Kier alpha value is -1.06. The maximum Gasteiger partial charge on any atom is 0.236 e. The van der Waals surface area contributed by atoms with E-state index in [0.29, 0.717) is 6.54 Å². The maximum absolute atomic E-state index is 11.6. The molecule has 1 fully saturated rings. The molecule has 1 heterocycles. The summed E-state index contributed by atoms with van der Waals surface area (Å²) in [4.78, 5) is 13.4. The zero-order chi connectivity index (χ0) is 12.4. The summed E-state index contributed by atoms with van der Waals surface area (Å²) in [5.41, 5.74) is 2.26. The van der Waals surface area contributed by atoms with Crippen LogP contribution in [-0.2, 0) is 11.2 Å². The van der Waals surface area contributed by atoms with E-state index in [4.69, 9.17) is 11.6 Å². The lowest BCUT2D eigenvalue weighted by Gasteiger charge is -2.33. The van der Waals surface area contributed by atoms with Gasteiger partial charge in [0.05, 0.1) is 6.54 Å². The third kappa shape index (κ3) is 2.79. The number of aryl methyl sites for hydroxylation is 1. The fraction of sp³-hybridized carbons (Fsp3) is 0.462. The van der Waals surface area contributed by atoms with Crippen molar-refractivity contribution in [3.05, 3.63) is 34.3 Å². The smallest absolute Gasteiger partial charge is 0.236 e. The van der Waals surface area contributed by atoms with Crippen molar-refractivity contribution in [2.45, 2.75) is 19.4 Å². The van der Waals surface area contributed by atoms with Crippen LogP contribution >= 0.6 is 11.6 Å². The van der Waals surface area contributed by atoms with Crippen LogP contribution in [0.15, 0.2) is 18.2 Å². The predicted octanol–water partition coefficient (Wildman–Crippen LogP) is 1.62. The van der Waals surface area contributed by atoms with Crippen LogP contribution in [0.4, 0.5) is 0 Å². The van der Waals surface area contributed by atoms with Crippen LogP contribution in [0.1, 0.15) is 11.1 Å². The summed E-state index contributed by atoms with van der Waals surface area (Å²) in [6.45, 7) is 3.28. The predicted molar refractivity (Wildman–Crippen MR) is 69.3 cm³/mol. The number of hydrogen-bond donors (Lipinski definition) is 1. The SMILES string of the molecule is Cc1ccc(CC2CNCC(=O)N2C)cc1Cl. The Bertz CT molecular complexity index is 433. The molecule has 2 rings (SSSR count). The highest BCUT2D eigenvalue weighted by Gasteiger charge is 2.24. The standard InChI is InChI=1S/C13H17ClN2O/c1-9-3-4-10(6-12(9)14)5-11-7-15-8-13(17)16(11)2/h3-4,6,11,15H,5,7-8H2,1-2H3. The topological polar surface area (TPSA) is 32.3 Å². The summed E-state index contributed by atoms with van der Waals surface area (Å²) in [7, 11) is 1.86. The Balaban J connectivity index is 2.09. The van der Waals surface area contributed by atoms with E-state index in [1.165, 1.54) is 5.56 Å². The van der Waals surface area contributed by atoms with Gasteiger partial charge in [-0.05, 0) is 30.5 Å². The number of carbonyl (C=O) groups excluding carboxylic acids is 1.